The fourth-order valence-electron chi connectivity index (χ4n) is 4.97. The van der Waals surface area contributed by atoms with Crippen molar-refractivity contribution in [2.75, 3.05) is 26.2 Å². The number of aliphatic carboxylic acids is 1. The SMILES string of the molecule is O=C(O)C1CCN(C(=O)C2CCN(S(=O)(=O)c3ccc4c(c3)CCCC4)CC2)CC1. The van der Waals surface area contributed by atoms with Crippen molar-refractivity contribution in [3.63, 3.8) is 0 Å². The lowest BCUT2D eigenvalue weighted by Gasteiger charge is -2.36. The number of sulfonamides is 1. The van der Waals surface area contributed by atoms with Gasteiger partial charge in [-0.05, 0) is 74.6 Å². The summed E-state index contributed by atoms with van der Waals surface area (Å²) in [5.74, 6) is -1.29. The zero-order chi connectivity index (χ0) is 21.3. The largest absolute Gasteiger partial charge is 0.481 e. The van der Waals surface area contributed by atoms with E-state index < -0.39 is 16.0 Å². The fourth-order valence-corrected chi connectivity index (χ4v) is 6.49. The van der Waals surface area contributed by atoms with E-state index in [1.54, 1.807) is 11.0 Å². The number of carbonyl (C=O) groups excluding carboxylic acids is 1. The number of piperidine rings is 2. The van der Waals surface area contributed by atoms with Crippen LogP contribution in [-0.2, 0) is 32.5 Å². The molecule has 3 aliphatic rings. The Balaban J connectivity index is 1.36. The third-order valence-corrected chi connectivity index (χ3v) is 8.81. The van der Waals surface area contributed by atoms with Crippen molar-refractivity contribution in [1.82, 2.24) is 9.21 Å². The Labute approximate surface area is 178 Å². The zero-order valence-corrected chi connectivity index (χ0v) is 18.1. The Kier molecular flexibility index (Phi) is 6.16. The molecule has 2 aliphatic heterocycles. The Morgan fingerprint density at radius 1 is 0.867 bits per heavy atom. The monoisotopic (exact) mass is 434 g/mol. The maximum absolute atomic E-state index is 13.1. The molecule has 1 aromatic carbocycles. The van der Waals surface area contributed by atoms with Gasteiger partial charge in [0.05, 0.1) is 10.8 Å². The highest BCUT2D eigenvalue weighted by atomic mass is 32.2. The number of rotatable bonds is 4. The number of nitrogens with zero attached hydrogens (tertiary/aromatic N) is 2. The predicted molar refractivity (Wildman–Crippen MR) is 112 cm³/mol. The number of amides is 1. The van der Waals surface area contributed by atoms with Gasteiger partial charge in [0, 0.05) is 32.1 Å². The van der Waals surface area contributed by atoms with E-state index in [1.165, 1.54) is 9.87 Å². The normalized spacial score (nSPS) is 21.9. The summed E-state index contributed by atoms with van der Waals surface area (Å²) >= 11 is 0. The van der Waals surface area contributed by atoms with Crippen molar-refractivity contribution in [2.24, 2.45) is 11.8 Å². The number of likely N-dealkylation sites (tertiary alicyclic amines) is 1. The Morgan fingerprint density at radius 2 is 1.47 bits per heavy atom. The molecule has 0 bridgehead atoms. The number of fused-ring (bicyclic) bond motifs is 1. The average molecular weight is 435 g/mol. The van der Waals surface area contributed by atoms with E-state index in [9.17, 15) is 18.0 Å². The number of hydrogen-bond acceptors (Lipinski definition) is 4. The van der Waals surface area contributed by atoms with Crippen molar-refractivity contribution in [3.8, 4) is 0 Å². The third kappa shape index (κ3) is 4.25. The second-order valence-electron chi connectivity index (χ2n) is 8.75. The molecule has 0 saturated carbocycles. The summed E-state index contributed by atoms with van der Waals surface area (Å²) < 4.78 is 27.8. The van der Waals surface area contributed by atoms with Crippen molar-refractivity contribution in [2.45, 2.75) is 56.3 Å². The summed E-state index contributed by atoms with van der Waals surface area (Å²) in [6.45, 7) is 1.65. The van der Waals surface area contributed by atoms with E-state index in [4.69, 9.17) is 5.11 Å². The third-order valence-electron chi connectivity index (χ3n) is 6.92. The number of hydrogen-bond donors (Lipinski definition) is 1. The van der Waals surface area contributed by atoms with Crippen molar-refractivity contribution < 1.29 is 23.1 Å². The van der Waals surface area contributed by atoms with E-state index in [2.05, 4.69) is 0 Å². The highest BCUT2D eigenvalue weighted by molar-refractivity contribution is 7.89. The average Bonchev–Trinajstić information content (AvgIpc) is 2.78. The lowest BCUT2D eigenvalue weighted by atomic mass is 9.92. The van der Waals surface area contributed by atoms with Crippen LogP contribution in [0.25, 0.3) is 0 Å². The van der Waals surface area contributed by atoms with Crippen molar-refractivity contribution in [1.29, 1.82) is 0 Å². The second-order valence-corrected chi connectivity index (χ2v) is 10.7. The van der Waals surface area contributed by atoms with Gasteiger partial charge in [-0.3, -0.25) is 9.59 Å². The van der Waals surface area contributed by atoms with Crippen LogP contribution in [0.1, 0.15) is 49.7 Å². The first kappa shape index (κ1) is 21.3. The molecule has 1 aliphatic carbocycles. The van der Waals surface area contributed by atoms with Crippen LogP contribution in [0.15, 0.2) is 23.1 Å². The maximum atomic E-state index is 13.1. The first-order chi connectivity index (χ1) is 14.4. The standard InChI is InChI=1S/C22H30N2O5S/c25-21(23-11-7-18(8-12-23)22(26)27)17-9-13-24(14-10-17)30(28,29)20-6-5-16-3-1-2-4-19(16)15-20/h5-6,15,17-18H,1-4,7-14H2,(H,26,27). The Morgan fingerprint density at radius 3 is 2.10 bits per heavy atom. The smallest absolute Gasteiger partial charge is 0.306 e. The summed E-state index contributed by atoms with van der Waals surface area (Å²) in [5.41, 5.74) is 2.41. The second kappa shape index (κ2) is 8.67. The molecule has 2 fully saturated rings. The van der Waals surface area contributed by atoms with E-state index in [0.717, 1.165) is 31.2 Å². The molecule has 1 N–H and O–H groups in total. The van der Waals surface area contributed by atoms with Crippen LogP contribution in [0, 0.1) is 11.8 Å². The summed E-state index contributed by atoms with van der Waals surface area (Å²) in [6, 6.07) is 5.52. The number of carbonyl (C=O) groups is 2. The van der Waals surface area contributed by atoms with Gasteiger partial charge in [-0.25, -0.2) is 8.42 Å². The number of benzene rings is 1. The molecular weight excluding hydrogens is 404 g/mol. The van der Waals surface area contributed by atoms with Crippen LogP contribution < -0.4 is 0 Å². The minimum Gasteiger partial charge on any atom is -0.481 e. The van der Waals surface area contributed by atoms with E-state index in [0.29, 0.717) is 56.8 Å². The van der Waals surface area contributed by atoms with E-state index in [-0.39, 0.29) is 17.7 Å². The van der Waals surface area contributed by atoms with Crippen LogP contribution in [0.4, 0.5) is 0 Å². The summed E-state index contributed by atoms with van der Waals surface area (Å²) in [4.78, 5) is 26.0. The van der Waals surface area contributed by atoms with Crippen molar-refractivity contribution in [3.05, 3.63) is 29.3 Å². The summed E-state index contributed by atoms with van der Waals surface area (Å²) in [5, 5.41) is 9.11. The minimum absolute atomic E-state index is 0.0460. The van der Waals surface area contributed by atoms with Gasteiger partial charge in [0.1, 0.15) is 0 Å². The molecule has 4 rings (SSSR count). The van der Waals surface area contributed by atoms with Gasteiger partial charge in [0.15, 0.2) is 0 Å². The molecule has 1 aromatic rings. The van der Waals surface area contributed by atoms with Crippen molar-refractivity contribution >= 4 is 21.9 Å². The van der Waals surface area contributed by atoms with Crippen LogP contribution in [0.2, 0.25) is 0 Å². The first-order valence-electron chi connectivity index (χ1n) is 11.0. The number of carboxylic acids is 1. The Hall–Kier alpha value is -1.93. The number of carboxylic acid groups (broad SMARTS) is 1. The molecule has 164 valence electrons. The molecule has 8 heteroatoms. The first-order valence-corrected chi connectivity index (χ1v) is 12.4. The van der Waals surface area contributed by atoms with Gasteiger partial charge < -0.3 is 10.0 Å². The summed E-state index contributed by atoms with van der Waals surface area (Å²) in [6.07, 6.45) is 6.24. The molecule has 1 amide bonds. The van der Waals surface area contributed by atoms with Crippen LogP contribution >= 0.6 is 0 Å². The lowest BCUT2D eigenvalue weighted by Crippen LogP contribution is -2.47. The molecule has 7 nitrogen and oxygen atoms in total. The predicted octanol–water partition coefficient (Wildman–Crippen LogP) is 2.29. The topological polar surface area (TPSA) is 95.0 Å². The molecule has 2 heterocycles. The summed E-state index contributed by atoms with van der Waals surface area (Å²) in [7, 11) is -3.54. The highest BCUT2D eigenvalue weighted by Crippen LogP contribution is 2.29. The molecule has 2 saturated heterocycles. The zero-order valence-electron chi connectivity index (χ0n) is 17.3. The van der Waals surface area contributed by atoms with E-state index >= 15 is 0 Å². The molecule has 30 heavy (non-hydrogen) atoms. The van der Waals surface area contributed by atoms with Gasteiger partial charge in [-0.2, -0.15) is 4.31 Å². The van der Waals surface area contributed by atoms with Gasteiger partial charge in [-0.1, -0.05) is 6.07 Å². The van der Waals surface area contributed by atoms with Crippen LogP contribution in [0.5, 0.6) is 0 Å². The van der Waals surface area contributed by atoms with E-state index in [1.807, 2.05) is 12.1 Å². The van der Waals surface area contributed by atoms with Gasteiger partial charge in [-0.15, -0.1) is 0 Å². The molecule has 0 spiro atoms. The Bertz CT molecular complexity index is 913. The van der Waals surface area contributed by atoms with Crippen LogP contribution in [0.3, 0.4) is 0 Å². The van der Waals surface area contributed by atoms with Gasteiger partial charge in [0.25, 0.3) is 0 Å². The quantitative estimate of drug-likeness (QED) is 0.785. The van der Waals surface area contributed by atoms with Gasteiger partial charge >= 0.3 is 5.97 Å². The lowest BCUT2D eigenvalue weighted by molar-refractivity contribution is -0.147. The maximum Gasteiger partial charge on any atom is 0.306 e. The number of aryl methyl sites for hydroxylation is 2. The van der Waals surface area contributed by atoms with Crippen LogP contribution in [-0.4, -0.2) is 60.8 Å². The fraction of sp³-hybridized carbons (Fsp3) is 0.636. The molecule has 0 atom stereocenters. The van der Waals surface area contributed by atoms with Gasteiger partial charge in [0.2, 0.25) is 15.9 Å². The molecular formula is C22H30N2O5S. The molecule has 0 aromatic heterocycles. The minimum atomic E-state index is -3.54. The molecule has 0 unspecified atom stereocenters. The highest BCUT2D eigenvalue weighted by Gasteiger charge is 2.35. The molecule has 0 radical (unpaired) electrons.